The second kappa shape index (κ2) is 2.92. The van der Waals surface area contributed by atoms with Gasteiger partial charge in [0.25, 0.3) is 0 Å². The van der Waals surface area contributed by atoms with Gasteiger partial charge >= 0.3 is 0 Å². The van der Waals surface area contributed by atoms with Crippen LogP contribution in [0, 0.1) is 0 Å². The minimum atomic E-state index is -0.597. The molecule has 1 aliphatic heterocycles. The molecule has 3 heteroatoms. The highest BCUT2D eigenvalue weighted by Gasteiger charge is 2.43. The summed E-state index contributed by atoms with van der Waals surface area (Å²) in [6.07, 6.45) is 0.280. The van der Waals surface area contributed by atoms with Crippen LogP contribution in [-0.4, -0.2) is 23.4 Å². The van der Waals surface area contributed by atoms with Crippen LogP contribution in [0.25, 0.3) is 0 Å². The molecule has 3 atom stereocenters. The maximum Gasteiger partial charge on any atom is 0.182 e. The summed E-state index contributed by atoms with van der Waals surface area (Å²) in [5.41, 5.74) is 0. The van der Waals surface area contributed by atoms with Crippen molar-refractivity contribution in [2.24, 2.45) is 0 Å². The molecule has 1 aliphatic rings. The minimum Gasteiger partial charge on any atom is -0.343 e. The summed E-state index contributed by atoms with van der Waals surface area (Å²) in [6, 6.07) is 0. The highest BCUT2D eigenvalue weighted by Crippen LogP contribution is 2.33. The fourth-order valence-electron chi connectivity index (χ4n) is 1.15. The molecule has 1 saturated heterocycles. The summed E-state index contributed by atoms with van der Waals surface area (Å²) >= 11 is 5.91. The number of ether oxygens (including phenoxy) is 2. The van der Waals surface area contributed by atoms with Crippen LogP contribution >= 0.6 is 11.6 Å². The summed E-state index contributed by atoms with van der Waals surface area (Å²) < 4.78 is 11.1. The molecule has 0 aromatic rings. The molecule has 0 spiro atoms. The van der Waals surface area contributed by atoms with Crippen LogP contribution in [0.1, 0.15) is 27.7 Å². The minimum absolute atomic E-state index is 0.116. The Balaban J connectivity index is 2.64. The molecule has 11 heavy (non-hydrogen) atoms. The molecule has 0 aromatic heterocycles. The zero-order valence-electron chi connectivity index (χ0n) is 7.43. The van der Waals surface area contributed by atoms with Gasteiger partial charge in [0.05, 0.1) is 17.6 Å². The SMILES string of the molecule is CC1OC(C)(C(C)Cl)OC1C. The molecular weight excluding hydrogens is 164 g/mol. The number of halogens is 1. The van der Waals surface area contributed by atoms with E-state index < -0.39 is 5.79 Å². The largest absolute Gasteiger partial charge is 0.343 e. The third-order valence-electron chi connectivity index (χ3n) is 2.22. The van der Waals surface area contributed by atoms with Gasteiger partial charge in [-0.1, -0.05) is 0 Å². The fraction of sp³-hybridized carbons (Fsp3) is 1.00. The van der Waals surface area contributed by atoms with Crippen molar-refractivity contribution in [3.05, 3.63) is 0 Å². The molecule has 66 valence electrons. The highest BCUT2D eigenvalue weighted by atomic mass is 35.5. The molecular formula is C8H15ClO2. The zero-order chi connectivity index (χ0) is 8.65. The maximum absolute atomic E-state index is 5.91. The summed E-state index contributed by atoms with van der Waals surface area (Å²) in [5, 5.41) is -0.116. The smallest absolute Gasteiger partial charge is 0.182 e. The van der Waals surface area contributed by atoms with Gasteiger partial charge in [-0.3, -0.25) is 0 Å². The van der Waals surface area contributed by atoms with E-state index in [2.05, 4.69) is 0 Å². The number of rotatable bonds is 1. The Morgan fingerprint density at radius 3 is 1.82 bits per heavy atom. The number of hydrogen-bond acceptors (Lipinski definition) is 2. The van der Waals surface area contributed by atoms with Crippen LogP contribution < -0.4 is 0 Å². The molecule has 0 radical (unpaired) electrons. The first-order valence-electron chi connectivity index (χ1n) is 3.95. The van der Waals surface area contributed by atoms with Gasteiger partial charge in [-0.25, -0.2) is 0 Å². The Hall–Kier alpha value is 0.210. The van der Waals surface area contributed by atoms with Gasteiger partial charge in [-0.15, -0.1) is 11.6 Å². The van der Waals surface area contributed by atoms with Crippen LogP contribution in [0.4, 0.5) is 0 Å². The lowest BCUT2D eigenvalue weighted by atomic mass is 10.2. The Kier molecular flexibility index (Phi) is 2.47. The van der Waals surface area contributed by atoms with Crippen LogP contribution in [-0.2, 0) is 9.47 Å². The zero-order valence-corrected chi connectivity index (χ0v) is 8.18. The first kappa shape index (κ1) is 9.30. The molecule has 0 amide bonds. The van der Waals surface area contributed by atoms with Gasteiger partial charge < -0.3 is 9.47 Å². The fourth-order valence-corrected chi connectivity index (χ4v) is 1.25. The second-order valence-corrected chi connectivity index (χ2v) is 3.93. The molecule has 0 bridgehead atoms. The topological polar surface area (TPSA) is 18.5 Å². The van der Waals surface area contributed by atoms with Gasteiger partial charge in [0.1, 0.15) is 0 Å². The molecule has 0 aromatic carbocycles. The summed E-state index contributed by atoms with van der Waals surface area (Å²) in [5.74, 6) is -0.597. The van der Waals surface area contributed by atoms with E-state index in [-0.39, 0.29) is 17.6 Å². The summed E-state index contributed by atoms with van der Waals surface area (Å²) in [7, 11) is 0. The van der Waals surface area contributed by atoms with Crippen molar-refractivity contribution in [2.45, 2.75) is 51.1 Å². The first-order valence-corrected chi connectivity index (χ1v) is 4.39. The lowest BCUT2D eigenvalue weighted by Crippen LogP contribution is -2.35. The maximum atomic E-state index is 5.91. The second-order valence-electron chi connectivity index (χ2n) is 3.28. The molecule has 1 heterocycles. The van der Waals surface area contributed by atoms with E-state index in [0.717, 1.165) is 0 Å². The van der Waals surface area contributed by atoms with Crippen molar-refractivity contribution in [3.8, 4) is 0 Å². The molecule has 2 nitrogen and oxygen atoms in total. The van der Waals surface area contributed by atoms with Crippen molar-refractivity contribution in [1.29, 1.82) is 0 Å². The molecule has 1 fully saturated rings. The van der Waals surface area contributed by atoms with Crippen molar-refractivity contribution in [1.82, 2.24) is 0 Å². The van der Waals surface area contributed by atoms with E-state index >= 15 is 0 Å². The van der Waals surface area contributed by atoms with Gasteiger partial charge in [-0.2, -0.15) is 0 Å². The monoisotopic (exact) mass is 178 g/mol. The van der Waals surface area contributed by atoms with Crippen LogP contribution in [0.3, 0.4) is 0 Å². The van der Waals surface area contributed by atoms with Gasteiger partial charge in [0.15, 0.2) is 5.79 Å². The molecule has 0 aliphatic carbocycles. The van der Waals surface area contributed by atoms with E-state index in [1.165, 1.54) is 0 Å². The predicted molar refractivity (Wildman–Crippen MR) is 44.8 cm³/mol. The molecule has 1 rings (SSSR count). The van der Waals surface area contributed by atoms with Gasteiger partial charge in [0.2, 0.25) is 0 Å². The van der Waals surface area contributed by atoms with Crippen molar-refractivity contribution < 1.29 is 9.47 Å². The average molecular weight is 179 g/mol. The lowest BCUT2D eigenvalue weighted by Gasteiger charge is -2.25. The van der Waals surface area contributed by atoms with E-state index in [1.54, 1.807) is 0 Å². The predicted octanol–water partition coefficient (Wildman–Crippen LogP) is 2.15. The van der Waals surface area contributed by atoms with Crippen LogP contribution in [0.5, 0.6) is 0 Å². The van der Waals surface area contributed by atoms with Crippen molar-refractivity contribution >= 4 is 11.6 Å². The normalized spacial score (nSPS) is 47.7. The first-order chi connectivity index (χ1) is 4.96. The Morgan fingerprint density at radius 1 is 1.27 bits per heavy atom. The summed E-state index contributed by atoms with van der Waals surface area (Å²) in [4.78, 5) is 0. The van der Waals surface area contributed by atoms with E-state index in [9.17, 15) is 0 Å². The third kappa shape index (κ3) is 1.68. The summed E-state index contributed by atoms with van der Waals surface area (Å²) in [6.45, 7) is 7.75. The average Bonchev–Trinajstić information content (AvgIpc) is 2.09. The molecule has 0 N–H and O–H groups in total. The Bertz CT molecular complexity index is 137. The van der Waals surface area contributed by atoms with E-state index in [0.29, 0.717) is 0 Å². The van der Waals surface area contributed by atoms with Crippen LogP contribution in [0.15, 0.2) is 0 Å². The van der Waals surface area contributed by atoms with E-state index in [4.69, 9.17) is 21.1 Å². The quantitative estimate of drug-likeness (QED) is 0.573. The Labute approximate surface area is 72.8 Å². The Morgan fingerprint density at radius 2 is 1.64 bits per heavy atom. The lowest BCUT2D eigenvalue weighted by molar-refractivity contribution is -0.157. The van der Waals surface area contributed by atoms with Crippen LogP contribution in [0.2, 0.25) is 0 Å². The third-order valence-corrected chi connectivity index (χ3v) is 2.62. The number of hydrogen-bond donors (Lipinski definition) is 0. The van der Waals surface area contributed by atoms with Crippen molar-refractivity contribution in [3.63, 3.8) is 0 Å². The van der Waals surface area contributed by atoms with Gasteiger partial charge in [0, 0.05) is 0 Å². The van der Waals surface area contributed by atoms with Crippen molar-refractivity contribution in [2.75, 3.05) is 0 Å². The molecule has 0 saturated carbocycles. The number of alkyl halides is 1. The highest BCUT2D eigenvalue weighted by molar-refractivity contribution is 6.21. The molecule has 3 unspecified atom stereocenters. The standard InChI is InChI=1S/C8H15ClO2/c1-5-6(2)11-8(4,10-5)7(3)9/h5-7H,1-4H3. The van der Waals surface area contributed by atoms with Gasteiger partial charge in [-0.05, 0) is 27.7 Å². The van der Waals surface area contributed by atoms with E-state index in [1.807, 2.05) is 27.7 Å².